The lowest BCUT2D eigenvalue weighted by Crippen LogP contribution is -2.37. The van der Waals surface area contributed by atoms with E-state index in [-0.39, 0.29) is 11.8 Å². The maximum Gasteiger partial charge on any atom is 0.248 e. The van der Waals surface area contributed by atoms with Crippen LogP contribution >= 0.6 is 15.9 Å². The number of aromatic nitrogens is 1. The number of carbonyl (C=O) groups excluding carboxylic acids is 2. The van der Waals surface area contributed by atoms with Crippen molar-refractivity contribution in [3.8, 4) is 0 Å². The molecule has 1 aromatic heterocycles. The van der Waals surface area contributed by atoms with E-state index in [1.165, 1.54) is 0 Å². The maximum atomic E-state index is 11.7. The van der Waals surface area contributed by atoms with Crippen molar-refractivity contribution in [2.45, 2.75) is 18.9 Å². The third kappa shape index (κ3) is 2.38. The van der Waals surface area contributed by atoms with E-state index < -0.39 is 6.04 Å². The number of pyridine rings is 1. The van der Waals surface area contributed by atoms with Gasteiger partial charge in [0.15, 0.2) is 0 Å². The smallest absolute Gasteiger partial charge is 0.248 e. The molecule has 84 valence electrons. The highest BCUT2D eigenvalue weighted by atomic mass is 79.9. The molecule has 16 heavy (non-hydrogen) atoms. The van der Waals surface area contributed by atoms with Crippen LogP contribution in [0.4, 0.5) is 5.82 Å². The molecule has 0 saturated carbocycles. The van der Waals surface area contributed by atoms with Crippen molar-refractivity contribution in [3.05, 3.63) is 22.8 Å². The van der Waals surface area contributed by atoms with Gasteiger partial charge in [-0.05, 0) is 34.5 Å². The zero-order valence-corrected chi connectivity index (χ0v) is 9.95. The Bertz CT molecular complexity index is 436. The van der Waals surface area contributed by atoms with Crippen LogP contribution in [0.3, 0.4) is 0 Å². The first-order valence-corrected chi connectivity index (χ1v) is 5.67. The van der Waals surface area contributed by atoms with E-state index in [1.807, 2.05) is 0 Å². The molecule has 1 aliphatic rings. The van der Waals surface area contributed by atoms with Gasteiger partial charge in [-0.15, -0.1) is 0 Å². The van der Waals surface area contributed by atoms with Crippen molar-refractivity contribution < 1.29 is 9.59 Å². The van der Waals surface area contributed by atoms with E-state index in [1.54, 1.807) is 18.3 Å². The fourth-order valence-electron chi connectivity index (χ4n) is 1.49. The molecule has 1 fully saturated rings. The van der Waals surface area contributed by atoms with E-state index in [2.05, 4.69) is 31.5 Å². The fourth-order valence-corrected chi connectivity index (χ4v) is 1.85. The van der Waals surface area contributed by atoms with Gasteiger partial charge in [0.2, 0.25) is 11.8 Å². The third-order valence-corrected chi connectivity index (χ3v) is 2.95. The SMILES string of the molecule is O=C1CCC(C(=O)Nc2ncccc2Br)N1. The summed E-state index contributed by atoms with van der Waals surface area (Å²) in [6, 6.07) is 3.11. The van der Waals surface area contributed by atoms with Crippen molar-refractivity contribution in [2.24, 2.45) is 0 Å². The summed E-state index contributed by atoms with van der Waals surface area (Å²) in [5.41, 5.74) is 0. The minimum atomic E-state index is -0.443. The standard InChI is InChI=1S/C10H10BrN3O2/c11-6-2-1-5-12-9(6)14-10(16)7-3-4-8(15)13-7/h1-2,5,7H,3-4H2,(H,13,15)(H,12,14,16). The summed E-state index contributed by atoms with van der Waals surface area (Å²) in [6.45, 7) is 0. The molecule has 0 aliphatic carbocycles. The van der Waals surface area contributed by atoms with Crippen LogP contribution in [0.2, 0.25) is 0 Å². The summed E-state index contributed by atoms with van der Waals surface area (Å²) in [4.78, 5) is 26.7. The van der Waals surface area contributed by atoms with E-state index in [0.717, 1.165) is 0 Å². The van der Waals surface area contributed by atoms with Gasteiger partial charge < -0.3 is 10.6 Å². The first-order chi connectivity index (χ1) is 7.66. The normalized spacial score (nSPS) is 19.3. The zero-order chi connectivity index (χ0) is 11.5. The lowest BCUT2D eigenvalue weighted by atomic mass is 10.2. The molecule has 5 nitrogen and oxygen atoms in total. The molecular formula is C10H10BrN3O2. The van der Waals surface area contributed by atoms with Crippen molar-refractivity contribution in [1.82, 2.24) is 10.3 Å². The molecule has 2 N–H and O–H groups in total. The third-order valence-electron chi connectivity index (χ3n) is 2.31. The highest BCUT2D eigenvalue weighted by Gasteiger charge is 2.27. The number of nitrogens with one attached hydrogen (secondary N) is 2. The highest BCUT2D eigenvalue weighted by Crippen LogP contribution is 2.19. The van der Waals surface area contributed by atoms with Crippen LogP contribution in [0.15, 0.2) is 22.8 Å². The predicted octanol–water partition coefficient (Wildman–Crippen LogP) is 1.06. The van der Waals surface area contributed by atoms with Crippen LogP contribution in [0.5, 0.6) is 0 Å². The first kappa shape index (κ1) is 11.1. The molecule has 1 saturated heterocycles. The van der Waals surface area contributed by atoms with Gasteiger partial charge in [-0.2, -0.15) is 0 Å². The Kier molecular flexibility index (Phi) is 3.19. The van der Waals surface area contributed by atoms with Gasteiger partial charge in [0.25, 0.3) is 0 Å². The Balaban J connectivity index is 2.03. The van der Waals surface area contributed by atoms with Crippen molar-refractivity contribution in [3.63, 3.8) is 0 Å². The van der Waals surface area contributed by atoms with Crippen LogP contribution in [0.25, 0.3) is 0 Å². The number of anilines is 1. The Morgan fingerprint density at radius 2 is 2.44 bits per heavy atom. The molecular weight excluding hydrogens is 274 g/mol. The summed E-state index contributed by atoms with van der Waals surface area (Å²) in [5, 5.41) is 5.26. The average Bonchev–Trinajstić information content (AvgIpc) is 2.68. The summed E-state index contributed by atoms with van der Waals surface area (Å²) in [6.07, 6.45) is 2.53. The van der Waals surface area contributed by atoms with Crippen molar-refractivity contribution in [2.75, 3.05) is 5.32 Å². The number of halogens is 1. The topological polar surface area (TPSA) is 71.1 Å². The molecule has 1 aromatic rings. The maximum absolute atomic E-state index is 11.7. The molecule has 2 amide bonds. The summed E-state index contributed by atoms with van der Waals surface area (Å²) < 4.78 is 0.715. The molecule has 1 unspecified atom stereocenters. The molecule has 2 heterocycles. The monoisotopic (exact) mass is 283 g/mol. The second kappa shape index (κ2) is 4.61. The van der Waals surface area contributed by atoms with E-state index >= 15 is 0 Å². The van der Waals surface area contributed by atoms with E-state index in [0.29, 0.717) is 23.1 Å². The lowest BCUT2D eigenvalue weighted by molar-refractivity contribution is -0.122. The molecule has 0 bridgehead atoms. The fraction of sp³-hybridized carbons (Fsp3) is 0.300. The number of rotatable bonds is 2. The number of amides is 2. The lowest BCUT2D eigenvalue weighted by Gasteiger charge is -2.10. The molecule has 0 aromatic carbocycles. The number of hydrogen-bond donors (Lipinski definition) is 2. The number of carbonyl (C=O) groups is 2. The highest BCUT2D eigenvalue weighted by molar-refractivity contribution is 9.10. The Morgan fingerprint density at radius 3 is 3.06 bits per heavy atom. The zero-order valence-electron chi connectivity index (χ0n) is 8.37. The predicted molar refractivity (Wildman–Crippen MR) is 61.7 cm³/mol. The van der Waals surface area contributed by atoms with Gasteiger partial charge in [-0.1, -0.05) is 0 Å². The van der Waals surface area contributed by atoms with Gasteiger partial charge >= 0.3 is 0 Å². The van der Waals surface area contributed by atoms with Crippen molar-refractivity contribution >= 4 is 33.6 Å². The van der Waals surface area contributed by atoms with Crippen LogP contribution in [-0.4, -0.2) is 22.8 Å². The number of hydrogen-bond acceptors (Lipinski definition) is 3. The van der Waals surface area contributed by atoms with Crippen LogP contribution in [0, 0.1) is 0 Å². The molecule has 0 spiro atoms. The van der Waals surface area contributed by atoms with E-state index in [4.69, 9.17) is 0 Å². The molecule has 2 rings (SSSR count). The largest absolute Gasteiger partial charge is 0.344 e. The van der Waals surface area contributed by atoms with Crippen LogP contribution in [0.1, 0.15) is 12.8 Å². The van der Waals surface area contributed by atoms with Gasteiger partial charge in [-0.3, -0.25) is 9.59 Å². The minimum Gasteiger partial charge on any atom is -0.344 e. The summed E-state index contributed by atoms with van der Waals surface area (Å²) in [7, 11) is 0. The first-order valence-electron chi connectivity index (χ1n) is 4.87. The van der Waals surface area contributed by atoms with Gasteiger partial charge in [-0.25, -0.2) is 4.98 Å². The Morgan fingerprint density at radius 1 is 1.62 bits per heavy atom. The molecule has 0 radical (unpaired) electrons. The molecule has 1 atom stereocenters. The van der Waals surface area contributed by atoms with Gasteiger partial charge in [0.1, 0.15) is 11.9 Å². The summed E-state index contributed by atoms with van der Waals surface area (Å²) >= 11 is 3.28. The molecule has 6 heteroatoms. The van der Waals surface area contributed by atoms with E-state index in [9.17, 15) is 9.59 Å². The Hall–Kier alpha value is -1.43. The van der Waals surface area contributed by atoms with Gasteiger partial charge in [0.05, 0.1) is 4.47 Å². The second-order valence-corrected chi connectivity index (χ2v) is 4.34. The summed E-state index contributed by atoms with van der Waals surface area (Å²) in [5.74, 6) is 0.152. The molecule has 1 aliphatic heterocycles. The second-order valence-electron chi connectivity index (χ2n) is 3.48. The average molecular weight is 284 g/mol. The number of nitrogens with zero attached hydrogens (tertiary/aromatic N) is 1. The minimum absolute atomic E-state index is 0.0831. The van der Waals surface area contributed by atoms with Crippen molar-refractivity contribution in [1.29, 1.82) is 0 Å². The van der Waals surface area contributed by atoms with Crippen LogP contribution in [-0.2, 0) is 9.59 Å². The Labute approximate surface area is 101 Å². The van der Waals surface area contributed by atoms with Crippen LogP contribution < -0.4 is 10.6 Å². The van der Waals surface area contributed by atoms with Gasteiger partial charge in [0, 0.05) is 12.6 Å². The quantitative estimate of drug-likeness (QED) is 0.853.